The number of terminal acetylenes is 1. The average Bonchev–Trinajstić information content (AvgIpc) is 1.99. The van der Waals surface area contributed by atoms with Crippen molar-refractivity contribution in [3.63, 3.8) is 0 Å². The van der Waals surface area contributed by atoms with E-state index in [1.165, 1.54) is 12.1 Å². The van der Waals surface area contributed by atoms with Crippen LogP contribution < -0.4 is 0 Å². The van der Waals surface area contributed by atoms with Gasteiger partial charge in [-0.1, -0.05) is 15.9 Å². The van der Waals surface area contributed by atoms with E-state index in [-0.39, 0.29) is 5.82 Å². The zero-order valence-electron chi connectivity index (χ0n) is 6.48. The highest BCUT2D eigenvalue weighted by Gasteiger charge is 1.97. The third-order valence-electron chi connectivity index (χ3n) is 1.48. The topological polar surface area (TPSA) is 0 Å². The minimum Gasteiger partial charge on any atom is -0.207 e. The van der Waals surface area contributed by atoms with E-state index in [1.807, 2.05) is 6.07 Å². The zero-order valence-corrected chi connectivity index (χ0v) is 8.07. The largest absolute Gasteiger partial charge is 0.207 e. The van der Waals surface area contributed by atoms with E-state index in [1.54, 1.807) is 0 Å². The molecule has 0 aliphatic heterocycles. The summed E-state index contributed by atoms with van der Waals surface area (Å²) in [4.78, 5) is 0. The minimum absolute atomic E-state index is 0.226. The predicted molar refractivity (Wildman–Crippen MR) is 51.3 cm³/mol. The molecule has 0 saturated heterocycles. The first kappa shape index (κ1) is 9.28. The molecule has 62 valence electrons. The lowest BCUT2D eigenvalue weighted by molar-refractivity contribution is 0.624. The molecule has 0 unspecified atom stereocenters. The van der Waals surface area contributed by atoms with Gasteiger partial charge in [0.05, 0.1) is 0 Å². The molecule has 0 spiro atoms. The van der Waals surface area contributed by atoms with Crippen molar-refractivity contribution in [3.05, 3.63) is 34.1 Å². The fourth-order valence-corrected chi connectivity index (χ4v) is 1.48. The lowest BCUT2D eigenvalue weighted by Gasteiger charge is -1.98. The van der Waals surface area contributed by atoms with Gasteiger partial charge >= 0.3 is 0 Å². The Morgan fingerprint density at radius 1 is 1.42 bits per heavy atom. The summed E-state index contributed by atoms with van der Waals surface area (Å²) in [6.45, 7) is 0. The second-order valence-corrected chi connectivity index (χ2v) is 3.40. The van der Waals surface area contributed by atoms with Crippen LogP contribution in [0.4, 0.5) is 4.39 Å². The van der Waals surface area contributed by atoms with E-state index in [0.717, 1.165) is 16.5 Å². The standard InChI is InChI=1S/C10H8BrF/c1-2-3-4-8-5-9(11)7-10(12)6-8/h1,5-7H,3-4H2. The van der Waals surface area contributed by atoms with Gasteiger partial charge in [-0.25, -0.2) is 4.39 Å². The van der Waals surface area contributed by atoms with Gasteiger partial charge in [-0.3, -0.25) is 0 Å². The molecule has 1 rings (SSSR count). The van der Waals surface area contributed by atoms with Crippen molar-refractivity contribution < 1.29 is 4.39 Å². The van der Waals surface area contributed by atoms with Gasteiger partial charge in [-0.05, 0) is 30.2 Å². The molecule has 0 fully saturated rings. The second kappa shape index (κ2) is 4.27. The highest BCUT2D eigenvalue weighted by molar-refractivity contribution is 9.10. The van der Waals surface area contributed by atoms with E-state index in [4.69, 9.17) is 6.42 Å². The maximum absolute atomic E-state index is 12.8. The average molecular weight is 227 g/mol. The molecule has 0 bridgehead atoms. The number of halogens is 2. The molecule has 0 nitrogen and oxygen atoms in total. The van der Waals surface area contributed by atoms with E-state index >= 15 is 0 Å². The fraction of sp³-hybridized carbons (Fsp3) is 0.200. The molecule has 0 radical (unpaired) electrons. The van der Waals surface area contributed by atoms with Crippen LogP contribution in [0, 0.1) is 18.2 Å². The quantitative estimate of drug-likeness (QED) is 0.681. The number of hydrogen-bond donors (Lipinski definition) is 0. The van der Waals surface area contributed by atoms with Gasteiger partial charge in [-0.15, -0.1) is 12.3 Å². The summed E-state index contributed by atoms with van der Waals surface area (Å²) in [6, 6.07) is 4.81. The Morgan fingerprint density at radius 2 is 2.17 bits per heavy atom. The second-order valence-electron chi connectivity index (χ2n) is 2.48. The van der Waals surface area contributed by atoms with Crippen LogP contribution in [-0.4, -0.2) is 0 Å². The maximum Gasteiger partial charge on any atom is 0.124 e. The Morgan fingerprint density at radius 3 is 2.75 bits per heavy atom. The number of hydrogen-bond acceptors (Lipinski definition) is 0. The van der Waals surface area contributed by atoms with Crippen LogP contribution in [-0.2, 0) is 6.42 Å². The van der Waals surface area contributed by atoms with Crippen LogP contribution in [0.25, 0.3) is 0 Å². The summed E-state index contributed by atoms with van der Waals surface area (Å²) in [6.07, 6.45) is 6.47. The smallest absolute Gasteiger partial charge is 0.124 e. The Balaban J connectivity index is 2.80. The van der Waals surface area contributed by atoms with Gasteiger partial charge in [0.15, 0.2) is 0 Å². The van der Waals surface area contributed by atoms with Crippen LogP contribution in [0.1, 0.15) is 12.0 Å². The van der Waals surface area contributed by atoms with E-state index < -0.39 is 0 Å². The molecule has 0 atom stereocenters. The monoisotopic (exact) mass is 226 g/mol. The van der Waals surface area contributed by atoms with Gasteiger partial charge < -0.3 is 0 Å². The molecule has 0 aromatic heterocycles. The fourth-order valence-electron chi connectivity index (χ4n) is 0.972. The van der Waals surface area contributed by atoms with Crippen molar-refractivity contribution in [2.75, 3.05) is 0 Å². The first-order valence-corrected chi connectivity index (χ1v) is 4.40. The van der Waals surface area contributed by atoms with Gasteiger partial charge in [0.1, 0.15) is 5.82 Å². The predicted octanol–water partition coefficient (Wildman–Crippen LogP) is 3.15. The summed E-state index contributed by atoms with van der Waals surface area (Å²) < 4.78 is 13.5. The highest BCUT2D eigenvalue weighted by atomic mass is 79.9. The molecule has 1 aromatic rings. The summed E-state index contributed by atoms with van der Waals surface area (Å²) in [5, 5.41) is 0. The van der Waals surface area contributed by atoms with Crippen LogP contribution in [0.2, 0.25) is 0 Å². The highest BCUT2D eigenvalue weighted by Crippen LogP contribution is 2.15. The molecule has 0 saturated carbocycles. The Kier molecular flexibility index (Phi) is 3.31. The van der Waals surface area contributed by atoms with Gasteiger partial charge in [-0.2, -0.15) is 0 Å². The Bertz CT molecular complexity index is 292. The Hall–Kier alpha value is -0.810. The van der Waals surface area contributed by atoms with Gasteiger partial charge in [0.25, 0.3) is 0 Å². The van der Waals surface area contributed by atoms with Gasteiger partial charge in [0, 0.05) is 10.9 Å². The lowest BCUT2D eigenvalue weighted by atomic mass is 10.1. The summed E-state index contributed by atoms with van der Waals surface area (Å²) in [7, 11) is 0. The SMILES string of the molecule is C#CCCc1cc(F)cc(Br)c1. The summed E-state index contributed by atoms with van der Waals surface area (Å²) >= 11 is 3.21. The van der Waals surface area contributed by atoms with Crippen molar-refractivity contribution in [3.8, 4) is 12.3 Å². The maximum atomic E-state index is 12.8. The first-order chi connectivity index (χ1) is 5.72. The summed E-state index contributed by atoms with van der Waals surface area (Å²) in [5.41, 5.74) is 0.930. The van der Waals surface area contributed by atoms with Crippen LogP contribution in [0.3, 0.4) is 0 Å². The number of aryl methyl sites for hydroxylation is 1. The molecule has 0 aliphatic carbocycles. The van der Waals surface area contributed by atoms with Crippen molar-refractivity contribution in [2.24, 2.45) is 0 Å². The molecule has 2 heteroatoms. The molecule has 0 heterocycles. The first-order valence-electron chi connectivity index (χ1n) is 3.61. The van der Waals surface area contributed by atoms with Crippen molar-refractivity contribution in [2.45, 2.75) is 12.8 Å². The molecule has 0 aliphatic rings. The van der Waals surface area contributed by atoms with Crippen LogP contribution in [0.15, 0.2) is 22.7 Å². The molecule has 0 amide bonds. The van der Waals surface area contributed by atoms with Crippen LogP contribution in [0.5, 0.6) is 0 Å². The summed E-state index contributed by atoms with van der Waals surface area (Å²) in [5.74, 6) is 2.29. The zero-order chi connectivity index (χ0) is 8.97. The Labute approximate surface area is 79.9 Å². The van der Waals surface area contributed by atoms with E-state index in [9.17, 15) is 4.39 Å². The number of rotatable bonds is 2. The van der Waals surface area contributed by atoms with Gasteiger partial charge in [0.2, 0.25) is 0 Å². The normalized spacial score (nSPS) is 9.42. The van der Waals surface area contributed by atoms with Crippen molar-refractivity contribution in [1.29, 1.82) is 0 Å². The van der Waals surface area contributed by atoms with Crippen molar-refractivity contribution >= 4 is 15.9 Å². The molecule has 0 N–H and O–H groups in total. The third kappa shape index (κ3) is 2.67. The molecule has 1 aromatic carbocycles. The van der Waals surface area contributed by atoms with Crippen molar-refractivity contribution in [1.82, 2.24) is 0 Å². The number of benzene rings is 1. The molecule has 12 heavy (non-hydrogen) atoms. The van der Waals surface area contributed by atoms with E-state index in [0.29, 0.717) is 6.42 Å². The van der Waals surface area contributed by atoms with E-state index in [2.05, 4.69) is 21.9 Å². The third-order valence-corrected chi connectivity index (χ3v) is 1.94. The molecular weight excluding hydrogens is 219 g/mol. The minimum atomic E-state index is -0.226. The van der Waals surface area contributed by atoms with Crippen LogP contribution >= 0.6 is 15.9 Å². The molecular formula is C10H8BrF. The lowest BCUT2D eigenvalue weighted by Crippen LogP contribution is -1.85.